The van der Waals surface area contributed by atoms with Crippen LogP contribution in [0.3, 0.4) is 0 Å². The molecule has 114 valence electrons. The third-order valence-electron chi connectivity index (χ3n) is 4.31. The van der Waals surface area contributed by atoms with Gasteiger partial charge in [0.1, 0.15) is 0 Å². The highest BCUT2D eigenvalue weighted by molar-refractivity contribution is 5.80. The molecular formula is C24H18. The van der Waals surface area contributed by atoms with E-state index in [1.807, 2.05) is 0 Å². The highest BCUT2D eigenvalue weighted by atomic mass is 14.1. The number of hydrogen-bond donors (Lipinski definition) is 0. The van der Waals surface area contributed by atoms with Crippen molar-refractivity contribution in [2.45, 2.75) is 0 Å². The van der Waals surface area contributed by atoms with E-state index >= 15 is 0 Å². The van der Waals surface area contributed by atoms with Crippen LogP contribution in [0.25, 0.3) is 34.4 Å². The molecule has 4 aliphatic carbocycles. The van der Waals surface area contributed by atoms with Crippen LogP contribution >= 0.6 is 0 Å². The van der Waals surface area contributed by atoms with Crippen molar-refractivity contribution in [3.63, 3.8) is 0 Å². The molecule has 0 aromatic heterocycles. The molecule has 0 atom stereocenters. The summed E-state index contributed by atoms with van der Waals surface area (Å²) >= 11 is 0. The standard InChI is InChI=1S/C24H18/c1-3-9-19-15-17-21(23(19)13-5-1)11-7-8-12-22-18-16-20-10-4-2-6-14-24(20)22/h1-18H. The maximum Gasteiger partial charge on any atom is -0.0111 e. The summed E-state index contributed by atoms with van der Waals surface area (Å²) in [6, 6.07) is 29.8. The highest BCUT2D eigenvalue weighted by Crippen LogP contribution is 2.29. The molecular weight excluding hydrogens is 288 g/mol. The molecule has 0 aromatic rings. The Kier molecular flexibility index (Phi) is 3.95. The van der Waals surface area contributed by atoms with Gasteiger partial charge in [0.2, 0.25) is 0 Å². The van der Waals surface area contributed by atoms with Gasteiger partial charge in [-0.25, -0.2) is 0 Å². The molecule has 4 rings (SSSR count). The van der Waals surface area contributed by atoms with E-state index in [2.05, 4.69) is 109 Å². The quantitative estimate of drug-likeness (QED) is 0.373. The maximum absolute atomic E-state index is 2.17. The number of rotatable bonds is 3. The molecule has 24 heavy (non-hydrogen) atoms. The summed E-state index contributed by atoms with van der Waals surface area (Å²) in [6.45, 7) is 0. The van der Waals surface area contributed by atoms with Gasteiger partial charge in [-0.05, 0) is 33.4 Å². The SMILES string of the molecule is C(C=Cc1ccc2cccccc1-2)=Cc1ccc2cccccc1-2. The number of fused-ring (bicyclic) bond motifs is 2. The van der Waals surface area contributed by atoms with E-state index in [1.54, 1.807) is 0 Å². The predicted molar refractivity (Wildman–Crippen MR) is 104 cm³/mol. The van der Waals surface area contributed by atoms with Crippen molar-refractivity contribution in [3.8, 4) is 22.3 Å². The lowest BCUT2D eigenvalue weighted by Gasteiger charge is -1.95. The zero-order valence-electron chi connectivity index (χ0n) is 13.4. The molecule has 0 unspecified atom stereocenters. The normalized spacial score (nSPS) is 11.8. The second kappa shape index (κ2) is 6.55. The zero-order chi connectivity index (χ0) is 16.2. The minimum Gasteiger partial charge on any atom is -0.0622 e. The lowest BCUT2D eigenvalue weighted by molar-refractivity contribution is 1.78. The predicted octanol–water partition coefficient (Wildman–Crippen LogP) is 6.62. The molecule has 0 fully saturated rings. The summed E-state index contributed by atoms with van der Waals surface area (Å²) in [5, 5.41) is 0. The van der Waals surface area contributed by atoms with Gasteiger partial charge in [-0.15, -0.1) is 0 Å². The Bertz CT molecular complexity index is 878. The maximum atomic E-state index is 2.17. The second-order valence-electron chi connectivity index (χ2n) is 5.85. The topological polar surface area (TPSA) is 0 Å². The minimum absolute atomic E-state index is 1.25. The van der Waals surface area contributed by atoms with Gasteiger partial charge in [0.15, 0.2) is 0 Å². The molecule has 0 aromatic carbocycles. The largest absolute Gasteiger partial charge is 0.0622 e. The lowest BCUT2D eigenvalue weighted by atomic mass is 10.1. The van der Waals surface area contributed by atoms with Crippen LogP contribution in [-0.4, -0.2) is 0 Å². The Morgan fingerprint density at radius 1 is 0.417 bits per heavy atom. The van der Waals surface area contributed by atoms with E-state index in [4.69, 9.17) is 0 Å². The molecule has 0 saturated carbocycles. The Balaban J connectivity index is 1.56. The molecule has 4 aliphatic rings. The van der Waals surface area contributed by atoms with Crippen molar-refractivity contribution < 1.29 is 0 Å². The second-order valence-corrected chi connectivity index (χ2v) is 5.85. The number of hydrogen-bond acceptors (Lipinski definition) is 0. The summed E-state index contributed by atoms with van der Waals surface area (Å²) < 4.78 is 0. The average Bonchev–Trinajstić information content (AvgIpc) is 2.96. The molecule has 0 heterocycles. The molecule has 0 N–H and O–H groups in total. The van der Waals surface area contributed by atoms with Crippen molar-refractivity contribution in [2.75, 3.05) is 0 Å². The summed E-state index contributed by atoms with van der Waals surface area (Å²) in [4.78, 5) is 0. The van der Waals surface area contributed by atoms with Crippen LogP contribution in [-0.2, 0) is 0 Å². The zero-order valence-corrected chi connectivity index (χ0v) is 13.4. The average molecular weight is 306 g/mol. The van der Waals surface area contributed by atoms with Crippen LogP contribution in [0.2, 0.25) is 0 Å². The lowest BCUT2D eigenvalue weighted by Crippen LogP contribution is -1.71. The summed E-state index contributed by atoms with van der Waals surface area (Å²) in [5.41, 5.74) is 7.64. The molecule has 0 nitrogen and oxygen atoms in total. The fourth-order valence-electron chi connectivity index (χ4n) is 3.09. The first-order valence-corrected chi connectivity index (χ1v) is 8.22. The first kappa shape index (κ1) is 14.5. The van der Waals surface area contributed by atoms with Crippen molar-refractivity contribution in [1.29, 1.82) is 0 Å². The van der Waals surface area contributed by atoms with E-state index in [9.17, 15) is 0 Å². The van der Waals surface area contributed by atoms with E-state index in [-0.39, 0.29) is 0 Å². The molecule has 0 aliphatic heterocycles. The monoisotopic (exact) mass is 306 g/mol. The first-order valence-electron chi connectivity index (χ1n) is 8.22. The summed E-state index contributed by atoms with van der Waals surface area (Å²) in [6.07, 6.45) is 8.57. The molecule has 0 saturated heterocycles. The van der Waals surface area contributed by atoms with Crippen LogP contribution in [0.1, 0.15) is 11.1 Å². The molecule has 0 bridgehead atoms. The summed E-state index contributed by atoms with van der Waals surface area (Å²) in [5.74, 6) is 0. The van der Waals surface area contributed by atoms with Gasteiger partial charge >= 0.3 is 0 Å². The van der Waals surface area contributed by atoms with Gasteiger partial charge in [-0.2, -0.15) is 0 Å². The van der Waals surface area contributed by atoms with Crippen LogP contribution < -0.4 is 0 Å². The van der Waals surface area contributed by atoms with E-state index in [0.29, 0.717) is 0 Å². The van der Waals surface area contributed by atoms with Gasteiger partial charge in [-0.3, -0.25) is 0 Å². The Labute approximate surface area is 143 Å². The van der Waals surface area contributed by atoms with Crippen molar-refractivity contribution in [3.05, 3.63) is 108 Å². The smallest absolute Gasteiger partial charge is 0.0111 e. The van der Waals surface area contributed by atoms with Gasteiger partial charge < -0.3 is 0 Å². The molecule has 0 amide bonds. The van der Waals surface area contributed by atoms with Gasteiger partial charge in [0.25, 0.3) is 0 Å². The van der Waals surface area contributed by atoms with Crippen LogP contribution in [0.15, 0.2) is 97.1 Å². The Hall–Kier alpha value is -3.12. The van der Waals surface area contributed by atoms with Crippen molar-refractivity contribution >= 4 is 12.2 Å². The van der Waals surface area contributed by atoms with E-state index in [1.165, 1.54) is 33.4 Å². The highest BCUT2D eigenvalue weighted by Gasteiger charge is 2.05. The van der Waals surface area contributed by atoms with Gasteiger partial charge in [-0.1, -0.05) is 109 Å². The Morgan fingerprint density at radius 3 is 1.38 bits per heavy atom. The minimum atomic E-state index is 1.25. The van der Waals surface area contributed by atoms with Gasteiger partial charge in [0, 0.05) is 0 Å². The molecule has 0 spiro atoms. The fraction of sp³-hybridized carbons (Fsp3) is 0. The van der Waals surface area contributed by atoms with Gasteiger partial charge in [0.05, 0.1) is 0 Å². The fourth-order valence-corrected chi connectivity index (χ4v) is 3.09. The van der Waals surface area contributed by atoms with Crippen molar-refractivity contribution in [1.82, 2.24) is 0 Å². The van der Waals surface area contributed by atoms with Crippen LogP contribution in [0, 0.1) is 0 Å². The van der Waals surface area contributed by atoms with E-state index < -0.39 is 0 Å². The molecule has 0 radical (unpaired) electrons. The molecule has 0 heteroatoms. The summed E-state index contributed by atoms with van der Waals surface area (Å²) in [7, 11) is 0. The first-order chi connectivity index (χ1) is 11.9. The van der Waals surface area contributed by atoms with Crippen LogP contribution in [0.5, 0.6) is 0 Å². The third kappa shape index (κ3) is 2.87. The number of allylic oxidation sites excluding steroid dienone is 2. The van der Waals surface area contributed by atoms with E-state index in [0.717, 1.165) is 0 Å². The van der Waals surface area contributed by atoms with Crippen molar-refractivity contribution in [2.24, 2.45) is 0 Å². The Morgan fingerprint density at radius 2 is 0.875 bits per heavy atom. The third-order valence-corrected chi connectivity index (χ3v) is 4.31. The van der Waals surface area contributed by atoms with Crippen LogP contribution in [0.4, 0.5) is 0 Å².